The van der Waals surface area contributed by atoms with Gasteiger partial charge in [0.05, 0.1) is 12.5 Å². The maximum absolute atomic E-state index is 12.6. The minimum absolute atomic E-state index is 0.00274. The van der Waals surface area contributed by atoms with Crippen molar-refractivity contribution in [3.63, 3.8) is 0 Å². The van der Waals surface area contributed by atoms with Gasteiger partial charge in [-0.05, 0) is 34.4 Å². The van der Waals surface area contributed by atoms with E-state index in [4.69, 9.17) is 0 Å². The number of nitrogens with one attached hydrogen (secondary N) is 1. The maximum Gasteiger partial charge on any atom is 0.237 e. The number of thiophene rings is 1. The molecule has 1 unspecified atom stereocenters. The van der Waals surface area contributed by atoms with Gasteiger partial charge in [0.2, 0.25) is 11.8 Å². The first-order valence-electron chi connectivity index (χ1n) is 8.94. The zero-order chi connectivity index (χ0) is 18.4. The first kappa shape index (κ1) is 18.6. The van der Waals surface area contributed by atoms with Gasteiger partial charge in [0.1, 0.15) is 0 Å². The van der Waals surface area contributed by atoms with Gasteiger partial charge in [-0.1, -0.05) is 30.3 Å². The topological polar surface area (TPSA) is 52.7 Å². The molecule has 1 atom stereocenters. The summed E-state index contributed by atoms with van der Waals surface area (Å²) in [5, 5.41) is 6.95. The molecule has 1 aromatic carbocycles. The summed E-state index contributed by atoms with van der Waals surface area (Å²) in [7, 11) is 1.80. The van der Waals surface area contributed by atoms with Crippen LogP contribution in [0.4, 0.5) is 0 Å². The van der Waals surface area contributed by atoms with Crippen molar-refractivity contribution in [1.82, 2.24) is 15.1 Å². The molecule has 5 nitrogen and oxygen atoms in total. The predicted octanol–water partition coefficient (Wildman–Crippen LogP) is 2.14. The lowest BCUT2D eigenvalue weighted by atomic mass is 10.1. The molecule has 1 aliphatic heterocycles. The summed E-state index contributed by atoms with van der Waals surface area (Å²) >= 11 is 1.62. The van der Waals surface area contributed by atoms with Gasteiger partial charge in [0.25, 0.3) is 0 Å². The molecular weight excluding hydrogens is 346 g/mol. The molecule has 0 saturated carbocycles. The number of nitrogens with zero attached hydrogens (tertiary/aromatic N) is 2. The van der Waals surface area contributed by atoms with Crippen molar-refractivity contribution >= 4 is 23.2 Å². The van der Waals surface area contributed by atoms with Crippen LogP contribution in [-0.4, -0.2) is 54.3 Å². The second-order valence-corrected chi connectivity index (χ2v) is 7.44. The van der Waals surface area contributed by atoms with Crippen LogP contribution in [0.5, 0.6) is 0 Å². The first-order chi connectivity index (χ1) is 12.6. The van der Waals surface area contributed by atoms with E-state index in [2.05, 4.69) is 22.3 Å². The Hall–Kier alpha value is -2.18. The number of rotatable bonds is 7. The van der Waals surface area contributed by atoms with Gasteiger partial charge in [-0.2, -0.15) is 11.3 Å². The number of carbonyl (C=O) groups is 2. The van der Waals surface area contributed by atoms with Crippen molar-refractivity contribution in [3.8, 4) is 0 Å². The van der Waals surface area contributed by atoms with Crippen LogP contribution in [0.3, 0.4) is 0 Å². The molecule has 0 aliphatic carbocycles. The number of hydrogen-bond acceptors (Lipinski definition) is 4. The molecule has 3 rings (SSSR count). The Morgan fingerprint density at radius 2 is 2.08 bits per heavy atom. The van der Waals surface area contributed by atoms with E-state index in [9.17, 15) is 9.59 Å². The molecule has 2 aromatic rings. The third kappa shape index (κ3) is 4.93. The SMILES string of the molecule is CN(Cc1ccsc1)C(=O)CC1C(=O)NCCN1CCc1ccccc1. The molecule has 1 aliphatic rings. The Morgan fingerprint density at radius 3 is 2.81 bits per heavy atom. The normalized spacial score (nSPS) is 17.7. The summed E-state index contributed by atoms with van der Waals surface area (Å²) in [6.45, 7) is 2.79. The number of piperazine rings is 1. The minimum Gasteiger partial charge on any atom is -0.353 e. The summed E-state index contributed by atoms with van der Waals surface area (Å²) in [5.41, 5.74) is 2.37. The minimum atomic E-state index is -0.384. The highest BCUT2D eigenvalue weighted by atomic mass is 32.1. The van der Waals surface area contributed by atoms with Crippen molar-refractivity contribution in [1.29, 1.82) is 0 Å². The molecule has 6 heteroatoms. The third-order valence-electron chi connectivity index (χ3n) is 4.77. The van der Waals surface area contributed by atoms with Gasteiger partial charge in [-0.25, -0.2) is 0 Å². The van der Waals surface area contributed by atoms with E-state index in [0.29, 0.717) is 13.1 Å². The largest absolute Gasteiger partial charge is 0.353 e. The summed E-state index contributed by atoms with van der Waals surface area (Å²) < 4.78 is 0. The van der Waals surface area contributed by atoms with Gasteiger partial charge >= 0.3 is 0 Å². The predicted molar refractivity (Wildman–Crippen MR) is 104 cm³/mol. The highest BCUT2D eigenvalue weighted by Gasteiger charge is 2.32. The first-order valence-corrected chi connectivity index (χ1v) is 9.88. The molecule has 1 saturated heterocycles. The van der Waals surface area contributed by atoms with Crippen LogP contribution in [0.1, 0.15) is 17.5 Å². The standard InChI is InChI=1S/C20H25N3O2S/c1-22(14-17-8-12-26-15-17)19(24)13-18-20(25)21-9-11-23(18)10-7-16-5-3-2-4-6-16/h2-6,8,12,15,18H,7,9-11,13-14H2,1H3,(H,21,25). The number of amides is 2. The van der Waals surface area contributed by atoms with Crippen LogP contribution in [0.15, 0.2) is 47.2 Å². The fourth-order valence-electron chi connectivity index (χ4n) is 3.23. The lowest BCUT2D eigenvalue weighted by Crippen LogP contribution is -2.56. The second kappa shape index (κ2) is 8.96. The Morgan fingerprint density at radius 1 is 1.27 bits per heavy atom. The van der Waals surface area contributed by atoms with Gasteiger partial charge in [-0.3, -0.25) is 14.5 Å². The average Bonchev–Trinajstić information content (AvgIpc) is 3.16. The lowest BCUT2D eigenvalue weighted by Gasteiger charge is -2.35. The average molecular weight is 372 g/mol. The molecule has 2 heterocycles. The fourth-order valence-corrected chi connectivity index (χ4v) is 3.89. The van der Waals surface area contributed by atoms with Crippen molar-refractivity contribution < 1.29 is 9.59 Å². The number of carbonyl (C=O) groups excluding carboxylic acids is 2. The molecule has 0 radical (unpaired) electrons. The van der Waals surface area contributed by atoms with Gasteiger partial charge in [0.15, 0.2) is 0 Å². The molecule has 1 fully saturated rings. The van der Waals surface area contributed by atoms with E-state index in [1.807, 2.05) is 35.0 Å². The van der Waals surface area contributed by atoms with Crippen LogP contribution < -0.4 is 5.32 Å². The number of benzene rings is 1. The molecule has 26 heavy (non-hydrogen) atoms. The monoisotopic (exact) mass is 371 g/mol. The molecule has 0 bridgehead atoms. The Kier molecular flexibility index (Phi) is 6.41. The van der Waals surface area contributed by atoms with Crippen molar-refractivity contribution in [2.45, 2.75) is 25.4 Å². The molecular formula is C20H25N3O2S. The molecule has 1 aromatic heterocycles. The van der Waals surface area contributed by atoms with Crippen LogP contribution in [-0.2, 0) is 22.6 Å². The zero-order valence-corrected chi connectivity index (χ0v) is 15.9. The van der Waals surface area contributed by atoms with Gasteiger partial charge in [0, 0.05) is 33.2 Å². The van der Waals surface area contributed by atoms with Crippen LogP contribution in [0.25, 0.3) is 0 Å². The van der Waals surface area contributed by atoms with E-state index in [-0.39, 0.29) is 24.3 Å². The summed E-state index contributed by atoms with van der Waals surface area (Å²) in [6.07, 6.45) is 1.10. The smallest absolute Gasteiger partial charge is 0.237 e. The van der Waals surface area contributed by atoms with E-state index < -0.39 is 0 Å². The maximum atomic E-state index is 12.6. The third-order valence-corrected chi connectivity index (χ3v) is 5.50. The molecule has 2 amide bonds. The Labute approximate surface area is 158 Å². The van der Waals surface area contributed by atoms with Gasteiger partial charge < -0.3 is 10.2 Å². The molecule has 1 N–H and O–H groups in total. The van der Waals surface area contributed by atoms with E-state index in [1.165, 1.54) is 5.56 Å². The zero-order valence-electron chi connectivity index (χ0n) is 15.1. The van der Waals surface area contributed by atoms with Crippen molar-refractivity contribution in [3.05, 3.63) is 58.3 Å². The number of hydrogen-bond donors (Lipinski definition) is 1. The fraction of sp³-hybridized carbons (Fsp3) is 0.400. The van der Waals surface area contributed by atoms with Crippen LogP contribution >= 0.6 is 11.3 Å². The molecule has 138 valence electrons. The lowest BCUT2D eigenvalue weighted by molar-refractivity contribution is -0.138. The van der Waals surface area contributed by atoms with E-state index >= 15 is 0 Å². The highest BCUT2D eigenvalue weighted by molar-refractivity contribution is 7.07. The van der Waals surface area contributed by atoms with Crippen LogP contribution in [0, 0.1) is 0 Å². The van der Waals surface area contributed by atoms with Crippen molar-refractivity contribution in [2.75, 3.05) is 26.7 Å². The Bertz CT molecular complexity index is 718. The summed E-state index contributed by atoms with van der Waals surface area (Å²) in [5.74, 6) is -0.0374. The quantitative estimate of drug-likeness (QED) is 0.811. The highest BCUT2D eigenvalue weighted by Crippen LogP contribution is 2.14. The van der Waals surface area contributed by atoms with Crippen molar-refractivity contribution in [2.24, 2.45) is 0 Å². The summed E-state index contributed by atoms with van der Waals surface area (Å²) in [6, 6.07) is 11.9. The van der Waals surface area contributed by atoms with Crippen LogP contribution in [0.2, 0.25) is 0 Å². The molecule has 0 spiro atoms. The second-order valence-electron chi connectivity index (χ2n) is 6.66. The van der Waals surface area contributed by atoms with E-state index in [1.54, 1.807) is 23.3 Å². The van der Waals surface area contributed by atoms with Gasteiger partial charge in [-0.15, -0.1) is 0 Å². The van der Waals surface area contributed by atoms with E-state index in [0.717, 1.165) is 25.1 Å². The Balaban J connectivity index is 1.58. The summed E-state index contributed by atoms with van der Waals surface area (Å²) in [4.78, 5) is 28.8.